The van der Waals surface area contributed by atoms with Crippen LogP contribution < -0.4 is 20.9 Å². The van der Waals surface area contributed by atoms with Crippen LogP contribution in [0.15, 0.2) is 150 Å². The standard InChI is InChI=1S/C70H72BN3O/c1-41-21-20-22-42(2)62(41)72(51-23-18-17-19-24-51)57-33-31-52-53-39-50(70(14,15)16)40-58-61(53)71(74-56-32-30-48(68(8,9)10)38-54(56)60(57)64(52)74)66-65(73(58)63-43(3)35-49(36-44(63)4)69(11,12)13)55-37-46(27-34-59(55)75-66)45-25-28-47(29-26-45)67(5,6)7/h17-40H,1-16H3. The van der Waals surface area contributed by atoms with Crippen LogP contribution in [0, 0.1) is 27.7 Å². The Balaban J connectivity index is 1.25. The van der Waals surface area contributed by atoms with Crippen LogP contribution in [0.2, 0.25) is 0 Å². The molecule has 10 aromatic rings. The topological polar surface area (TPSA) is 24.6 Å². The van der Waals surface area contributed by atoms with Crippen molar-refractivity contribution in [3.8, 4) is 22.3 Å². The third-order valence-corrected chi connectivity index (χ3v) is 16.6. The van der Waals surface area contributed by atoms with Crippen molar-refractivity contribution in [3.05, 3.63) is 190 Å². The molecule has 0 unspecified atom stereocenters. The minimum Gasteiger partial charge on any atom is -0.466 e. The number of para-hydroxylation sites is 2. The quantitative estimate of drug-likeness (QED) is 0.161. The molecule has 2 aliphatic rings. The van der Waals surface area contributed by atoms with Gasteiger partial charge >= 0.3 is 6.85 Å². The summed E-state index contributed by atoms with van der Waals surface area (Å²) >= 11 is 0. The fourth-order valence-electron chi connectivity index (χ4n) is 12.5. The number of fused-ring (bicyclic) bond motifs is 9. The van der Waals surface area contributed by atoms with Gasteiger partial charge in [-0.15, -0.1) is 0 Å². The number of anilines is 6. The Bertz CT molecular complexity index is 3930. The molecule has 0 spiro atoms. The molecule has 8 aromatic carbocycles. The van der Waals surface area contributed by atoms with Gasteiger partial charge in [-0.2, -0.15) is 0 Å². The molecule has 0 atom stereocenters. The lowest BCUT2D eigenvalue weighted by Gasteiger charge is -2.41. The highest BCUT2D eigenvalue weighted by Gasteiger charge is 2.48. The molecule has 0 radical (unpaired) electrons. The molecule has 376 valence electrons. The molecular weight excluding hydrogens is 910 g/mol. The Hall–Kier alpha value is -7.24. The number of hydrogen-bond donors (Lipinski definition) is 0. The van der Waals surface area contributed by atoms with Crippen LogP contribution in [0.3, 0.4) is 0 Å². The third kappa shape index (κ3) is 7.62. The maximum absolute atomic E-state index is 7.62. The van der Waals surface area contributed by atoms with E-state index in [-0.39, 0.29) is 28.5 Å². The molecule has 0 aliphatic carbocycles. The highest BCUT2D eigenvalue weighted by atomic mass is 16.3. The van der Waals surface area contributed by atoms with E-state index < -0.39 is 0 Å². The van der Waals surface area contributed by atoms with Gasteiger partial charge in [0.15, 0.2) is 0 Å². The molecule has 75 heavy (non-hydrogen) atoms. The Kier molecular flexibility index (Phi) is 10.8. The van der Waals surface area contributed by atoms with E-state index in [1.165, 1.54) is 111 Å². The first-order valence-electron chi connectivity index (χ1n) is 27.2. The molecule has 4 nitrogen and oxygen atoms in total. The number of hydrogen-bond acceptors (Lipinski definition) is 3. The Morgan fingerprint density at radius 1 is 0.467 bits per heavy atom. The Morgan fingerprint density at radius 2 is 1.07 bits per heavy atom. The predicted octanol–water partition coefficient (Wildman–Crippen LogP) is 18.5. The predicted molar refractivity (Wildman–Crippen MR) is 324 cm³/mol. The molecule has 2 aromatic heterocycles. The summed E-state index contributed by atoms with van der Waals surface area (Å²) in [5.74, 6) is 0. The maximum atomic E-state index is 7.62. The second-order valence-corrected chi connectivity index (χ2v) is 26.1. The number of aromatic nitrogens is 1. The van der Waals surface area contributed by atoms with E-state index in [1.54, 1.807) is 0 Å². The first kappa shape index (κ1) is 48.7. The minimum atomic E-state index is -0.278. The molecule has 0 fully saturated rings. The van der Waals surface area contributed by atoms with Crippen LogP contribution in [-0.2, 0) is 21.7 Å². The lowest BCUT2D eigenvalue weighted by Crippen LogP contribution is -2.56. The second-order valence-electron chi connectivity index (χ2n) is 26.1. The molecule has 4 heterocycles. The summed E-state index contributed by atoms with van der Waals surface area (Å²) in [4.78, 5) is 5.15. The van der Waals surface area contributed by atoms with Crippen molar-refractivity contribution in [2.45, 2.75) is 132 Å². The molecule has 0 bridgehead atoms. The van der Waals surface area contributed by atoms with E-state index in [9.17, 15) is 0 Å². The van der Waals surface area contributed by atoms with Gasteiger partial charge in [0.2, 0.25) is 0 Å². The van der Waals surface area contributed by atoms with Crippen molar-refractivity contribution in [3.63, 3.8) is 0 Å². The molecule has 5 heteroatoms. The fraction of sp³-hybridized carbons (Fsp3) is 0.286. The van der Waals surface area contributed by atoms with E-state index >= 15 is 0 Å². The summed E-state index contributed by atoms with van der Waals surface area (Å²) in [6.45, 7) is 36.8. The Morgan fingerprint density at radius 3 is 1.69 bits per heavy atom. The SMILES string of the molecule is Cc1cc(C(C)(C)C)cc(C)c1N1c2cc(C(C)(C)C)cc3c2B(c2oc4ccc(-c5ccc(C(C)(C)C)cc5)cc4c21)n1c2ccc(C(C)(C)C)cc2c2c(N(c4ccccc4)c4c(C)cccc4C)ccc-3c21. The molecule has 12 rings (SSSR count). The van der Waals surface area contributed by atoms with Gasteiger partial charge in [0, 0.05) is 44.1 Å². The first-order chi connectivity index (χ1) is 35.4. The normalized spacial score (nSPS) is 13.5. The molecule has 0 N–H and O–H groups in total. The van der Waals surface area contributed by atoms with Crippen LogP contribution in [0.1, 0.15) is 128 Å². The van der Waals surface area contributed by atoms with Gasteiger partial charge in [-0.3, -0.25) is 0 Å². The highest BCUT2D eigenvalue weighted by molar-refractivity contribution is 6.89. The summed E-state index contributed by atoms with van der Waals surface area (Å²) in [7, 11) is 0. The summed E-state index contributed by atoms with van der Waals surface area (Å²) in [5.41, 5.74) is 27.5. The highest BCUT2D eigenvalue weighted by Crippen LogP contribution is 2.54. The van der Waals surface area contributed by atoms with Crippen molar-refractivity contribution in [1.29, 1.82) is 0 Å². The number of furan rings is 1. The average Bonchev–Trinajstić information content (AvgIpc) is 3.90. The van der Waals surface area contributed by atoms with Gasteiger partial charge in [-0.05, 0) is 165 Å². The number of benzene rings is 8. The average molecular weight is 982 g/mol. The molecule has 0 amide bonds. The number of aryl methyl sites for hydroxylation is 4. The van der Waals surface area contributed by atoms with Crippen molar-refractivity contribution in [1.82, 2.24) is 4.48 Å². The van der Waals surface area contributed by atoms with Gasteiger partial charge in [0.1, 0.15) is 11.2 Å². The largest absolute Gasteiger partial charge is 0.466 e. The van der Waals surface area contributed by atoms with Crippen molar-refractivity contribution >= 4 is 84.9 Å². The lowest BCUT2D eigenvalue weighted by atomic mass is 9.47. The van der Waals surface area contributed by atoms with Crippen LogP contribution in [0.4, 0.5) is 34.1 Å². The first-order valence-corrected chi connectivity index (χ1v) is 27.2. The van der Waals surface area contributed by atoms with Crippen molar-refractivity contribution in [2.24, 2.45) is 0 Å². The summed E-state index contributed by atoms with van der Waals surface area (Å²) < 4.78 is 10.3. The second kappa shape index (κ2) is 16.6. The lowest BCUT2D eigenvalue weighted by molar-refractivity contribution is 0.589. The van der Waals surface area contributed by atoms with E-state index in [0.29, 0.717) is 0 Å². The van der Waals surface area contributed by atoms with Gasteiger partial charge in [0.05, 0.1) is 22.7 Å². The van der Waals surface area contributed by atoms with E-state index in [0.717, 1.165) is 33.7 Å². The van der Waals surface area contributed by atoms with Crippen LogP contribution in [0.5, 0.6) is 0 Å². The fourth-order valence-corrected chi connectivity index (χ4v) is 12.5. The molecular formula is C70H72BN3O. The summed E-state index contributed by atoms with van der Waals surface area (Å²) in [5, 5.41) is 3.61. The van der Waals surface area contributed by atoms with Gasteiger partial charge in [0.25, 0.3) is 0 Å². The van der Waals surface area contributed by atoms with E-state index in [1.807, 2.05) is 0 Å². The maximum Gasteiger partial charge on any atom is 0.375 e. The zero-order valence-corrected chi connectivity index (χ0v) is 47.2. The Labute approximate surface area is 446 Å². The van der Waals surface area contributed by atoms with E-state index in [2.05, 4.69) is 271 Å². The molecule has 0 saturated carbocycles. The third-order valence-electron chi connectivity index (χ3n) is 16.6. The monoisotopic (exact) mass is 982 g/mol. The van der Waals surface area contributed by atoms with Crippen LogP contribution in [0.25, 0.3) is 55.0 Å². The van der Waals surface area contributed by atoms with Gasteiger partial charge < -0.3 is 18.7 Å². The summed E-state index contributed by atoms with van der Waals surface area (Å²) in [6.07, 6.45) is 0. The van der Waals surface area contributed by atoms with Gasteiger partial charge in [-0.25, -0.2) is 0 Å². The van der Waals surface area contributed by atoms with Gasteiger partial charge in [-0.1, -0.05) is 180 Å². The zero-order valence-electron chi connectivity index (χ0n) is 47.2. The van der Waals surface area contributed by atoms with Crippen LogP contribution >= 0.6 is 0 Å². The van der Waals surface area contributed by atoms with E-state index in [4.69, 9.17) is 4.42 Å². The minimum absolute atomic E-state index is 0.0123. The van der Waals surface area contributed by atoms with Crippen LogP contribution in [-0.4, -0.2) is 11.3 Å². The molecule has 2 aliphatic heterocycles. The number of nitrogens with zero attached hydrogens (tertiary/aromatic N) is 3. The van der Waals surface area contributed by atoms with Crippen molar-refractivity contribution < 1.29 is 4.42 Å². The summed E-state index contributed by atoms with van der Waals surface area (Å²) in [6, 6.07) is 55.8. The molecule has 0 saturated heterocycles. The smallest absolute Gasteiger partial charge is 0.375 e. The number of rotatable bonds is 5. The van der Waals surface area contributed by atoms with Crippen molar-refractivity contribution in [2.75, 3.05) is 9.80 Å². The zero-order chi connectivity index (χ0) is 53.0.